The van der Waals surface area contributed by atoms with Crippen LogP contribution in [0.3, 0.4) is 0 Å². The normalized spacial score (nSPS) is 20.2. The number of hydroxylamine groups is 2. The van der Waals surface area contributed by atoms with Gasteiger partial charge in [-0.2, -0.15) is 0 Å². The number of carbonyl (C=O) groups excluding carboxylic acids is 1. The van der Waals surface area contributed by atoms with Gasteiger partial charge in [-0.05, 0) is 30.7 Å². The second kappa shape index (κ2) is 8.21. The number of hydrogen-bond acceptors (Lipinski definition) is 4. The molecule has 0 spiro atoms. The standard InChI is InChI=1S/C20H20ClNO3/c1-2-24-22-12-11-19(25-17-10-6-9-16(21)13-17)20(18(22)14-23)15-7-4-3-5-8-15/h3-10,13,19-20H,2,11-12H2,1H3/t19-,20-/m1/s1. The smallest absolute Gasteiger partial charge is 0.148 e. The lowest BCUT2D eigenvalue weighted by Crippen LogP contribution is -2.42. The maximum Gasteiger partial charge on any atom is 0.148 e. The highest BCUT2D eigenvalue weighted by Crippen LogP contribution is 2.37. The first-order valence-corrected chi connectivity index (χ1v) is 8.73. The minimum absolute atomic E-state index is 0.200. The average Bonchev–Trinajstić information content (AvgIpc) is 2.63. The molecule has 0 unspecified atom stereocenters. The summed E-state index contributed by atoms with van der Waals surface area (Å²) in [5.41, 5.74) is 1.46. The van der Waals surface area contributed by atoms with E-state index in [0.717, 1.165) is 12.0 Å². The van der Waals surface area contributed by atoms with Crippen molar-refractivity contribution in [1.82, 2.24) is 5.06 Å². The molecule has 2 aromatic carbocycles. The van der Waals surface area contributed by atoms with Gasteiger partial charge in [0, 0.05) is 18.0 Å². The van der Waals surface area contributed by atoms with E-state index in [0.29, 0.717) is 29.6 Å². The molecule has 1 saturated heterocycles. The molecule has 3 rings (SSSR count). The van der Waals surface area contributed by atoms with Gasteiger partial charge in [-0.15, -0.1) is 0 Å². The van der Waals surface area contributed by atoms with Crippen molar-refractivity contribution in [2.45, 2.75) is 25.4 Å². The first-order chi connectivity index (χ1) is 12.2. The molecule has 1 fully saturated rings. The van der Waals surface area contributed by atoms with Gasteiger partial charge in [-0.3, -0.25) is 4.84 Å². The molecule has 0 amide bonds. The molecule has 0 N–H and O–H groups in total. The van der Waals surface area contributed by atoms with Crippen LogP contribution in [0.25, 0.3) is 0 Å². The molecule has 5 heteroatoms. The lowest BCUT2D eigenvalue weighted by molar-refractivity contribution is -0.147. The highest BCUT2D eigenvalue weighted by Gasteiger charge is 2.37. The van der Waals surface area contributed by atoms with Gasteiger partial charge in [0.1, 0.15) is 23.5 Å². The number of ether oxygens (including phenoxy) is 1. The Bertz CT molecular complexity index is 759. The van der Waals surface area contributed by atoms with Crippen molar-refractivity contribution in [2.75, 3.05) is 13.2 Å². The Morgan fingerprint density at radius 1 is 1.20 bits per heavy atom. The van der Waals surface area contributed by atoms with E-state index in [9.17, 15) is 4.79 Å². The zero-order valence-electron chi connectivity index (χ0n) is 14.0. The second-order valence-corrected chi connectivity index (χ2v) is 6.23. The van der Waals surface area contributed by atoms with Crippen molar-refractivity contribution in [3.05, 3.63) is 70.9 Å². The van der Waals surface area contributed by atoms with E-state index < -0.39 is 0 Å². The van der Waals surface area contributed by atoms with Gasteiger partial charge in [0.2, 0.25) is 0 Å². The van der Waals surface area contributed by atoms with Crippen LogP contribution in [-0.2, 0) is 9.63 Å². The first-order valence-electron chi connectivity index (χ1n) is 8.35. The third-order valence-corrected chi connectivity index (χ3v) is 4.42. The first kappa shape index (κ1) is 17.6. The zero-order valence-corrected chi connectivity index (χ0v) is 14.8. The molecule has 0 aliphatic carbocycles. The van der Waals surface area contributed by atoms with Crippen molar-refractivity contribution in [3.8, 4) is 5.75 Å². The molecule has 4 nitrogen and oxygen atoms in total. The summed E-state index contributed by atoms with van der Waals surface area (Å²) in [6, 6.07) is 17.1. The van der Waals surface area contributed by atoms with Gasteiger partial charge in [-0.1, -0.05) is 48.0 Å². The minimum atomic E-state index is -0.252. The lowest BCUT2D eigenvalue weighted by Gasteiger charge is -2.39. The fourth-order valence-corrected chi connectivity index (χ4v) is 3.32. The Hall–Kier alpha value is -2.26. The number of hydrogen-bond donors (Lipinski definition) is 0. The lowest BCUT2D eigenvalue weighted by atomic mass is 9.86. The molecular formula is C20H20ClNO3. The maximum atomic E-state index is 11.7. The van der Waals surface area contributed by atoms with Crippen LogP contribution in [0.5, 0.6) is 5.75 Å². The average molecular weight is 358 g/mol. The molecule has 0 aromatic heterocycles. The fraction of sp³-hybridized carbons (Fsp3) is 0.300. The highest BCUT2D eigenvalue weighted by atomic mass is 35.5. The molecule has 1 aliphatic rings. The predicted octanol–water partition coefficient (Wildman–Crippen LogP) is 4.24. The summed E-state index contributed by atoms with van der Waals surface area (Å²) < 4.78 is 6.20. The van der Waals surface area contributed by atoms with E-state index in [1.165, 1.54) is 0 Å². The van der Waals surface area contributed by atoms with Gasteiger partial charge in [0.25, 0.3) is 0 Å². The summed E-state index contributed by atoms with van der Waals surface area (Å²) >= 11 is 6.06. The predicted molar refractivity (Wildman–Crippen MR) is 97.2 cm³/mol. The Morgan fingerprint density at radius 2 is 2.00 bits per heavy atom. The highest BCUT2D eigenvalue weighted by molar-refractivity contribution is 6.30. The summed E-state index contributed by atoms with van der Waals surface area (Å²) in [7, 11) is 0. The van der Waals surface area contributed by atoms with Crippen molar-refractivity contribution in [3.63, 3.8) is 0 Å². The van der Waals surface area contributed by atoms with Crippen molar-refractivity contribution >= 4 is 17.5 Å². The summed E-state index contributed by atoms with van der Waals surface area (Å²) in [6.07, 6.45) is 0.520. The van der Waals surface area contributed by atoms with Crippen LogP contribution in [0.2, 0.25) is 5.02 Å². The Labute approximate surface area is 152 Å². The number of nitrogens with zero attached hydrogens (tertiary/aromatic N) is 1. The number of halogens is 1. The van der Waals surface area contributed by atoms with E-state index in [-0.39, 0.29) is 12.0 Å². The van der Waals surface area contributed by atoms with Crippen molar-refractivity contribution < 1.29 is 14.4 Å². The Morgan fingerprint density at radius 3 is 2.68 bits per heavy atom. The SMILES string of the molecule is CCON1CC[C@@H](Oc2cccc(Cl)c2)[C@H](c2ccccc2)C1=C=O. The summed E-state index contributed by atoms with van der Waals surface area (Å²) in [6.45, 7) is 2.97. The van der Waals surface area contributed by atoms with Gasteiger partial charge in [0.15, 0.2) is 0 Å². The van der Waals surface area contributed by atoms with E-state index >= 15 is 0 Å². The quantitative estimate of drug-likeness (QED) is 0.750. The second-order valence-electron chi connectivity index (χ2n) is 5.80. The molecule has 1 heterocycles. The van der Waals surface area contributed by atoms with E-state index in [1.807, 2.05) is 49.4 Å². The Balaban J connectivity index is 1.94. The minimum Gasteiger partial charge on any atom is -0.489 e. The summed E-state index contributed by atoms with van der Waals surface area (Å²) in [5, 5.41) is 2.26. The van der Waals surface area contributed by atoms with E-state index in [2.05, 4.69) is 5.94 Å². The van der Waals surface area contributed by atoms with Crippen molar-refractivity contribution in [2.24, 2.45) is 0 Å². The van der Waals surface area contributed by atoms with Crippen LogP contribution in [0.4, 0.5) is 0 Å². The molecule has 2 aromatic rings. The van der Waals surface area contributed by atoms with Crippen LogP contribution in [0.15, 0.2) is 60.3 Å². The number of benzene rings is 2. The molecule has 2 atom stereocenters. The van der Waals surface area contributed by atoms with Gasteiger partial charge in [-0.25, -0.2) is 9.86 Å². The van der Waals surface area contributed by atoms with Gasteiger partial charge in [0.05, 0.1) is 12.5 Å². The summed E-state index contributed by atoms with van der Waals surface area (Å²) in [4.78, 5) is 17.3. The number of piperidine rings is 1. The molecule has 130 valence electrons. The Kier molecular flexibility index (Phi) is 5.77. The molecular weight excluding hydrogens is 338 g/mol. The molecule has 0 bridgehead atoms. The van der Waals surface area contributed by atoms with Crippen LogP contribution >= 0.6 is 11.6 Å². The zero-order chi connectivity index (χ0) is 17.6. The van der Waals surface area contributed by atoms with Crippen molar-refractivity contribution in [1.29, 1.82) is 0 Å². The monoisotopic (exact) mass is 357 g/mol. The van der Waals surface area contributed by atoms with Crippen LogP contribution < -0.4 is 4.74 Å². The molecule has 0 saturated carbocycles. The molecule has 1 aliphatic heterocycles. The largest absolute Gasteiger partial charge is 0.489 e. The van der Waals surface area contributed by atoms with E-state index in [1.54, 1.807) is 17.2 Å². The van der Waals surface area contributed by atoms with Crippen LogP contribution in [0.1, 0.15) is 24.8 Å². The molecule has 0 radical (unpaired) electrons. The third-order valence-electron chi connectivity index (χ3n) is 4.18. The van der Waals surface area contributed by atoms with Crippen LogP contribution in [-0.4, -0.2) is 30.3 Å². The van der Waals surface area contributed by atoms with Gasteiger partial charge >= 0.3 is 0 Å². The topological polar surface area (TPSA) is 38.8 Å². The van der Waals surface area contributed by atoms with Crippen LogP contribution in [0, 0.1) is 0 Å². The maximum absolute atomic E-state index is 11.7. The number of rotatable bonds is 5. The summed E-state index contributed by atoms with van der Waals surface area (Å²) in [5.74, 6) is 2.51. The fourth-order valence-electron chi connectivity index (χ4n) is 3.14. The molecule has 25 heavy (non-hydrogen) atoms. The van der Waals surface area contributed by atoms with Gasteiger partial charge < -0.3 is 4.74 Å². The third kappa shape index (κ3) is 4.05. The van der Waals surface area contributed by atoms with E-state index in [4.69, 9.17) is 21.2 Å².